The Morgan fingerprint density at radius 3 is 2.70 bits per heavy atom. The first kappa shape index (κ1) is 14.7. The molecule has 0 radical (unpaired) electrons. The Hall–Kier alpha value is -1.74. The molecule has 0 heterocycles. The minimum atomic E-state index is -0.356. The molecule has 1 unspecified atom stereocenters. The average molecular weight is 294 g/mol. The predicted octanol–water partition coefficient (Wildman–Crippen LogP) is 5.05. The van der Waals surface area contributed by atoms with Crippen molar-refractivity contribution in [1.82, 2.24) is 0 Å². The third-order valence-electron chi connectivity index (χ3n) is 2.93. The van der Waals surface area contributed by atoms with Gasteiger partial charge < -0.3 is 10.1 Å². The Balaban J connectivity index is 2.21. The summed E-state index contributed by atoms with van der Waals surface area (Å²) in [7, 11) is 0. The maximum Gasteiger partial charge on any atom is 0.126 e. The zero-order valence-corrected chi connectivity index (χ0v) is 12.2. The van der Waals surface area contributed by atoms with E-state index in [1.54, 1.807) is 6.07 Å². The molecule has 0 bridgehead atoms. The van der Waals surface area contributed by atoms with Crippen LogP contribution in [0.15, 0.2) is 42.5 Å². The van der Waals surface area contributed by atoms with Gasteiger partial charge >= 0.3 is 0 Å². The SMILES string of the molecule is CCOc1ccccc1C(C)Nc1cc(F)cc(Cl)c1. The van der Waals surface area contributed by atoms with E-state index in [-0.39, 0.29) is 11.9 Å². The van der Waals surface area contributed by atoms with Gasteiger partial charge in [0.05, 0.1) is 12.6 Å². The number of hydrogen-bond acceptors (Lipinski definition) is 2. The monoisotopic (exact) mass is 293 g/mol. The summed E-state index contributed by atoms with van der Waals surface area (Å²) in [6, 6.07) is 12.2. The van der Waals surface area contributed by atoms with Crippen molar-refractivity contribution in [3.8, 4) is 5.75 Å². The maximum atomic E-state index is 13.3. The minimum absolute atomic E-state index is 0.0179. The molecule has 1 N–H and O–H groups in total. The number of nitrogens with one attached hydrogen (secondary N) is 1. The van der Waals surface area contributed by atoms with Gasteiger partial charge in [0, 0.05) is 16.3 Å². The van der Waals surface area contributed by atoms with Crippen molar-refractivity contribution in [2.45, 2.75) is 19.9 Å². The number of halogens is 2. The summed E-state index contributed by atoms with van der Waals surface area (Å²) >= 11 is 5.86. The molecule has 2 rings (SSSR count). The van der Waals surface area contributed by atoms with E-state index < -0.39 is 0 Å². The summed E-state index contributed by atoms with van der Waals surface area (Å²) < 4.78 is 18.9. The smallest absolute Gasteiger partial charge is 0.126 e. The van der Waals surface area contributed by atoms with Crippen LogP contribution >= 0.6 is 11.6 Å². The third-order valence-corrected chi connectivity index (χ3v) is 3.15. The number of para-hydroxylation sites is 1. The zero-order chi connectivity index (χ0) is 14.5. The van der Waals surface area contributed by atoms with Gasteiger partial charge in [-0.3, -0.25) is 0 Å². The van der Waals surface area contributed by atoms with Crippen molar-refractivity contribution < 1.29 is 9.13 Å². The Morgan fingerprint density at radius 1 is 1.25 bits per heavy atom. The van der Waals surface area contributed by atoms with Crippen LogP contribution in [0.1, 0.15) is 25.5 Å². The lowest BCUT2D eigenvalue weighted by Gasteiger charge is -2.19. The molecule has 2 nitrogen and oxygen atoms in total. The number of benzene rings is 2. The van der Waals surface area contributed by atoms with Gasteiger partial charge in [0.2, 0.25) is 0 Å². The van der Waals surface area contributed by atoms with Crippen LogP contribution in [0.5, 0.6) is 5.75 Å². The summed E-state index contributed by atoms with van der Waals surface area (Å²) in [5.41, 5.74) is 1.67. The Labute approximate surface area is 123 Å². The second kappa shape index (κ2) is 6.62. The number of rotatable bonds is 5. The molecule has 20 heavy (non-hydrogen) atoms. The lowest BCUT2D eigenvalue weighted by atomic mass is 10.1. The summed E-state index contributed by atoms with van der Waals surface area (Å²) in [6.45, 7) is 4.55. The van der Waals surface area contributed by atoms with Gasteiger partial charge in [-0.2, -0.15) is 0 Å². The van der Waals surface area contributed by atoms with E-state index in [0.717, 1.165) is 11.3 Å². The van der Waals surface area contributed by atoms with E-state index >= 15 is 0 Å². The number of anilines is 1. The van der Waals surface area contributed by atoms with Gasteiger partial charge in [0.15, 0.2) is 0 Å². The zero-order valence-electron chi connectivity index (χ0n) is 11.5. The van der Waals surface area contributed by atoms with Crippen molar-refractivity contribution in [3.05, 3.63) is 58.9 Å². The van der Waals surface area contributed by atoms with E-state index in [1.165, 1.54) is 12.1 Å². The fourth-order valence-corrected chi connectivity index (χ4v) is 2.31. The molecule has 4 heteroatoms. The first-order valence-corrected chi connectivity index (χ1v) is 6.92. The van der Waals surface area contributed by atoms with E-state index in [2.05, 4.69) is 5.32 Å². The van der Waals surface area contributed by atoms with Gasteiger partial charge in [-0.25, -0.2) is 4.39 Å². The van der Waals surface area contributed by atoms with E-state index in [4.69, 9.17) is 16.3 Å². The molecule has 0 aromatic heterocycles. The maximum absolute atomic E-state index is 13.3. The molecule has 0 saturated heterocycles. The highest BCUT2D eigenvalue weighted by atomic mass is 35.5. The molecule has 2 aromatic rings. The molecule has 1 atom stereocenters. The van der Waals surface area contributed by atoms with Crippen molar-refractivity contribution >= 4 is 17.3 Å². The molecular formula is C16H17ClFNO. The quantitative estimate of drug-likeness (QED) is 0.833. The van der Waals surface area contributed by atoms with Crippen LogP contribution in [0.3, 0.4) is 0 Å². The molecule has 2 aromatic carbocycles. The molecule has 0 aliphatic rings. The van der Waals surface area contributed by atoms with E-state index in [1.807, 2.05) is 38.1 Å². The van der Waals surface area contributed by atoms with Gasteiger partial charge in [-0.05, 0) is 38.1 Å². The molecule has 0 spiro atoms. The van der Waals surface area contributed by atoms with Crippen LogP contribution in [-0.4, -0.2) is 6.61 Å². The first-order chi connectivity index (χ1) is 9.60. The van der Waals surface area contributed by atoms with E-state index in [0.29, 0.717) is 17.3 Å². The molecule has 0 aliphatic carbocycles. The standard InChI is InChI=1S/C16H17ClFNO/c1-3-20-16-7-5-4-6-15(16)11(2)19-14-9-12(17)8-13(18)10-14/h4-11,19H,3H2,1-2H3. The summed E-state index contributed by atoms with van der Waals surface area (Å²) in [6.07, 6.45) is 0. The van der Waals surface area contributed by atoms with Gasteiger partial charge in [0.1, 0.15) is 11.6 Å². The average Bonchev–Trinajstić information content (AvgIpc) is 2.38. The molecule has 0 saturated carbocycles. The number of ether oxygens (including phenoxy) is 1. The van der Waals surface area contributed by atoms with Crippen molar-refractivity contribution in [1.29, 1.82) is 0 Å². The van der Waals surface area contributed by atoms with Crippen LogP contribution in [0.2, 0.25) is 5.02 Å². The molecule has 106 valence electrons. The predicted molar refractivity (Wildman–Crippen MR) is 81.1 cm³/mol. The first-order valence-electron chi connectivity index (χ1n) is 6.54. The third kappa shape index (κ3) is 3.64. The highest BCUT2D eigenvalue weighted by Crippen LogP contribution is 2.28. The van der Waals surface area contributed by atoms with Crippen molar-refractivity contribution in [3.63, 3.8) is 0 Å². The van der Waals surface area contributed by atoms with Crippen LogP contribution in [0.4, 0.5) is 10.1 Å². The van der Waals surface area contributed by atoms with Crippen LogP contribution in [-0.2, 0) is 0 Å². The lowest BCUT2D eigenvalue weighted by Crippen LogP contribution is -2.09. The van der Waals surface area contributed by atoms with E-state index in [9.17, 15) is 4.39 Å². The van der Waals surface area contributed by atoms with Crippen molar-refractivity contribution in [2.75, 3.05) is 11.9 Å². The Kier molecular flexibility index (Phi) is 4.85. The van der Waals surface area contributed by atoms with Crippen LogP contribution in [0.25, 0.3) is 0 Å². The fraction of sp³-hybridized carbons (Fsp3) is 0.250. The molecule has 0 aliphatic heterocycles. The molecular weight excluding hydrogens is 277 g/mol. The topological polar surface area (TPSA) is 21.3 Å². The summed E-state index contributed by atoms with van der Waals surface area (Å²) in [5.74, 6) is 0.475. The largest absolute Gasteiger partial charge is 0.494 e. The second-order valence-corrected chi connectivity index (χ2v) is 4.93. The van der Waals surface area contributed by atoms with Gasteiger partial charge in [-0.1, -0.05) is 29.8 Å². The fourth-order valence-electron chi connectivity index (χ4n) is 2.09. The van der Waals surface area contributed by atoms with Gasteiger partial charge in [0.25, 0.3) is 0 Å². The summed E-state index contributed by atoms with van der Waals surface area (Å²) in [5, 5.41) is 3.61. The molecule has 0 amide bonds. The van der Waals surface area contributed by atoms with Gasteiger partial charge in [-0.15, -0.1) is 0 Å². The lowest BCUT2D eigenvalue weighted by molar-refractivity contribution is 0.335. The molecule has 0 fully saturated rings. The minimum Gasteiger partial charge on any atom is -0.494 e. The van der Waals surface area contributed by atoms with Crippen LogP contribution < -0.4 is 10.1 Å². The normalized spacial score (nSPS) is 12.0. The van der Waals surface area contributed by atoms with Crippen LogP contribution in [0, 0.1) is 5.82 Å². The summed E-state index contributed by atoms with van der Waals surface area (Å²) in [4.78, 5) is 0. The van der Waals surface area contributed by atoms with Crippen molar-refractivity contribution in [2.24, 2.45) is 0 Å². The number of hydrogen-bond donors (Lipinski definition) is 1. The highest BCUT2D eigenvalue weighted by Gasteiger charge is 2.11. The second-order valence-electron chi connectivity index (χ2n) is 4.49. The highest BCUT2D eigenvalue weighted by molar-refractivity contribution is 6.30. The Morgan fingerprint density at radius 2 is 2.00 bits per heavy atom. The Bertz CT molecular complexity index is 568.